The van der Waals surface area contributed by atoms with Crippen molar-refractivity contribution >= 4 is 5.91 Å². The highest BCUT2D eigenvalue weighted by atomic mass is 16.1. The Labute approximate surface area is 72.6 Å². The zero-order valence-corrected chi connectivity index (χ0v) is 7.64. The first-order valence-electron chi connectivity index (χ1n) is 3.94. The van der Waals surface area contributed by atoms with Gasteiger partial charge in [-0.05, 0) is 25.5 Å². The molecule has 1 aromatic rings. The van der Waals surface area contributed by atoms with Gasteiger partial charge < -0.3 is 5.32 Å². The third-order valence-corrected chi connectivity index (χ3v) is 1.85. The van der Waals surface area contributed by atoms with Gasteiger partial charge in [-0.3, -0.25) is 4.79 Å². The molecule has 0 saturated carbocycles. The van der Waals surface area contributed by atoms with Crippen LogP contribution in [0.3, 0.4) is 0 Å². The Morgan fingerprint density at radius 1 is 1.33 bits per heavy atom. The van der Waals surface area contributed by atoms with Crippen LogP contribution in [0.5, 0.6) is 0 Å². The molecule has 0 fully saturated rings. The van der Waals surface area contributed by atoms with Crippen LogP contribution in [-0.4, -0.2) is 13.0 Å². The smallest absolute Gasteiger partial charge is 0.251 e. The fourth-order valence-electron chi connectivity index (χ4n) is 1.20. The van der Waals surface area contributed by atoms with Crippen LogP contribution in [-0.2, 0) is 0 Å². The Balaban J connectivity index is 3.09. The standard InChI is InChI=1S/C10H13NO/c1-7-4-5-9(8(2)6-7)10(12)11-3/h4-6H,1-3H3,(H,11,12). The fraction of sp³-hybridized carbons (Fsp3) is 0.300. The van der Waals surface area contributed by atoms with Crippen LogP contribution in [0.2, 0.25) is 0 Å². The van der Waals surface area contributed by atoms with Gasteiger partial charge in [0.25, 0.3) is 5.91 Å². The summed E-state index contributed by atoms with van der Waals surface area (Å²) < 4.78 is 0. The molecular formula is C10H13NO. The molecule has 1 rings (SSSR count). The van der Waals surface area contributed by atoms with E-state index in [1.165, 1.54) is 5.56 Å². The lowest BCUT2D eigenvalue weighted by Crippen LogP contribution is -2.18. The SMILES string of the molecule is CNC(=O)c1ccc(C)cc1C. The van der Waals surface area contributed by atoms with Crippen molar-refractivity contribution in [2.45, 2.75) is 13.8 Å². The number of amides is 1. The van der Waals surface area contributed by atoms with E-state index in [1.807, 2.05) is 32.0 Å². The molecular weight excluding hydrogens is 150 g/mol. The third-order valence-electron chi connectivity index (χ3n) is 1.85. The molecule has 0 bridgehead atoms. The number of hydrogen-bond donors (Lipinski definition) is 1. The van der Waals surface area contributed by atoms with Crippen molar-refractivity contribution in [1.29, 1.82) is 0 Å². The molecule has 2 nitrogen and oxygen atoms in total. The molecule has 12 heavy (non-hydrogen) atoms. The topological polar surface area (TPSA) is 29.1 Å². The van der Waals surface area contributed by atoms with Gasteiger partial charge in [0.2, 0.25) is 0 Å². The first-order chi connectivity index (χ1) is 5.65. The van der Waals surface area contributed by atoms with Crippen molar-refractivity contribution in [3.63, 3.8) is 0 Å². The predicted molar refractivity (Wildman–Crippen MR) is 49.3 cm³/mol. The van der Waals surface area contributed by atoms with Gasteiger partial charge in [0.1, 0.15) is 0 Å². The molecule has 0 saturated heterocycles. The van der Waals surface area contributed by atoms with E-state index in [4.69, 9.17) is 0 Å². The van der Waals surface area contributed by atoms with Crippen LogP contribution >= 0.6 is 0 Å². The number of nitrogens with one attached hydrogen (secondary N) is 1. The average molecular weight is 163 g/mol. The van der Waals surface area contributed by atoms with Gasteiger partial charge in [0, 0.05) is 12.6 Å². The molecule has 2 heteroatoms. The highest BCUT2D eigenvalue weighted by Gasteiger charge is 2.05. The molecule has 1 N–H and O–H groups in total. The Morgan fingerprint density at radius 3 is 2.50 bits per heavy atom. The first kappa shape index (κ1) is 8.78. The summed E-state index contributed by atoms with van der Waals surface area (Å²) >= 11 is 0. The van der Waals surface area contributed by atoms with Crippen LogP contribution in [0, 0.1) is 13.8 Å². The second-order valence-corrected chi connectivity index (χ2v) is 2.90. The monoisotopic (exact) mass is 163 g/mol. The van der Waals surface area contributed by atoms with E-state index in [0.29, 0.717) is 0 Å². The largest absolute Gasteiger partial charge is 0.355 e. The zero-order chi connectivity index (χ0) is 9.14. The summed E-state index contributed by atoms with van der Waals surface area (Å²) in [6.45, 7) is 3.96. The summed E-state index contributed by atoms with van der Waals surface area (Å²) in [5.74, 6) is -0.0208. The minimum absolute atomic E-state index is 0.0208. The maximum Gasteiger partial charge on any atom is 0.251 e. The van der Waals surface area contributed by atoms with Gasteiger partial charge in [0.15, 0.2) is 0 Å². The molecule has 0 unspecified atom stereocenters. The number of rotatable bonds is 1. The van der Waals surface area contributed by atoms with Gasteiger partial charge in [-0.1, -0.05) is 17.7 Å². The highest BCUT2D eigenvalue weighted by Crippen LogP contribution is 2.09. The number of carbonyl (C=O) groups is 1. The normalized spacial score (nSPS) is 9.58. The summed E-state index contributed by atoms with van der Waals surface area (Å²) in [6, 6.07) is 5.80. The first-order valence-corrected chi connectivity index (χ1v) is 3.94. The molecule has 1 aromatic carbocycles. The molecule has 0 aliphatic carbocycles. The maximum absolute atomic E-state index is 11.2. The summed E-state index contributed by atoms with van der Waals surface area (Å²) in [5, 5.41) is 2.60. The summed E-state index contributed by atoms with van der Waals surface area (Å²) in [6.07, 6.45) is 0. The molecule has 0 spiro atoms. The molecule has 0 atom stereocenters. The van der Waals surface area contributed by atoms with Gasteiger partial charge in [-0.15, -0.1) is 0 Å². The quantitative estimate of drug-likeness (QED) is 0.670. The number of benzene rings is 1. The highest BCUT2D eigenvalue weighted by molar-refractivity contribution is 5.95. The van der Waals surface area contributed by atoms with Gasteiger partial charge >= 0.3 is 0 Å². The lowest BCUT2D eigenvalue weighted by atomic mass is 10.1. The van der Waals surface area contributed by atoms with Crippen molar-refractivity contribution in [2.75, 3.05) is 7.05 Å². The van der Waals surface area contributed by atoms with Crippen LogP contribution in [0.15, 0.2) is 18.2 Å². The predicted octanol–water partition coefficient (Wildman–Crippen LogP) is 1.66. The number of carbonyl (C=O) groups excluding carboxylic acids is 1. The molecule has 0 aliphatic rings. The van der Waals surface area contributed by atoms with Gasteiger partial charge in [-0.2, -0.15) is 0 Å². The van der Waals surface area contributed by atoms with Crippen molar-refractivity contribution in [2.24, 2.45) is 0 Å². The van der Waals surface area contributed by atoms with Crippen molar-refractivity contribution in [1.82, 2.24) is 5.32 Å². The molecule has 0 radical (unpaired) electrons. The van der Waals surface area contributed by atoms with Crippen molar-refractivity contribution < 1.29 is 4.79 Å². The maximum atomic E-state index is 11.2. The van der Waals surface area contributed by atoms with Crippen LogP contribution in [0.1, 0.15) is 21.5 Å². The van der Waals surface area contributed by atoms with Crippen LogP contribution in [0.25, 0.3) is 0 Å². The van der Waals surface area contributed by atoms with E-state index < -0.39 is 0 Å². The van der Waals surface area contributed by atoms with Crippen molar-refractivity contribution in [3.05, 3.63) is 34.9 Å². The molecule has 0 heterocycles. The summed E-state index contributed by atoms with van der Waals surface area (Å²) in [5.41, 5.74) is 2.96. The van der Waals surface area contributed by atoms with Gasteiger partial charge in [0.05, 0.1) is 0 Å². The average Bonchev–Trinajstić information content (AvgIpc) is 2.03. The van der Waals surface area contributed by atoms with E-state index in [-0.39, 0.29) is 5.91 Å². The minimum Gasteiger partial charge on any atom is -0.355 e. The molecule has 0 aromatic heterocycles. The summed E-state index contributed by atoms with van der Waals surface area (Å²) in [4.78, 5) is 11.2. The molecule has 1 amide bonds. The van der Waals surface area contributed by atoms with E-state index >= 15 is 0 Å². The molecule has 0 aliphatic heterocycles. The van der Waals surface area contributed by atoms with E-state index in [9.17, 15) is 4.79 Å². The van der Waals surface area contributed by atoms with E-state index in [1.54, 1.807) is 7.05 Å². The van der Waals surface area contributed by atoms with E-state index in [2.05, 4.69) is 5.32 Å². The van der Waals surface area contributed by atoms with Crippen molar-refractivity contribution in [3.8, 4) is 0 Å². The van der Waals surface area contributed by atoms with E-state index in [0.717, 1.165) is 11.1 Å². The minimum atomic E-state index is -0.0208. The number of aryl methyl sites for hydroxylation is 2. The Bertz CT molecular complexity index is 305. The van der Waals surface area contributed by atoms with Gasteiger partial charge in [-0.25, -0.2) is 0 Å². The van der Waals surface area contributed by atoms with Crippen LogP contribution < -0.4 is 5.32 Å². The second-order valence-electron chi connectivity index (χ2n) is 2.90. The Hall–Kier alpha value is -1.31. The Morgan fingerprint density at radius 2 is 2.00 bits per heavy atom. The fourth-order valence-corrected chi connectivity index (χ4v) is 1.20. The summed E-state index contributed by atoms with van der Waals surface area (Å²) in [7, 11) is 1.64. The zero-order valence-electron chi connectivity index (χ0n) is 7.64. The number of hydrogen-bond acceptors (Lipinski definition) is 1. The lowest BCUT2D eigenvalue weighted by molar-refractivity contribution is 0.0962. The third kappa shape index (κ3) is 1.64. The second kappa shape index (κ2) is 3.39. The van der Waals surface area contributed by atoms with Crippen LogP contribution in [0.4, 0.5) is 0 Å². The Kier molecular flexibility index (Phi) is 2.48. The lowest BCUT2D eigenvalue weighted by Gasteiger charge is -2.04. The molecule has 64 valence electrons.